The number of fused-ring (bicyclic) bond motifs is 3. The van der Waals surface area contributed by atoms with Crippen LogP contribution in [0.1, 0.15) is 19.8 Å². The van der Waals surface area contributed by atoms with Crippen LogP contribution in [0.2, 0.25) is 0 Å². The lowest BCUT2D eigenvalue weighted by Gasteiger charge is -2.08. The van der Waals surface area contributed by atoms with Crippen LogP contribution in [0.3, 0.4) is 0 Å². The second-order valence-corrected chi connectivity index (χ2v) is 5.15. The smallest absolute Gasteiger partial charge is 0.0645 e. The van der Waals surface area contributed by atoms with Gasteiger partial charge in [-0.05, 0) is 18.6 Å². The van der Waals surface area contributed by atoms with Crippen LogP contribution in [-0.4, -0.2) is 17.8 Å². The van der Waals surface area contributed by atoms with Crippen LogP contribution in [0, 0.1) is 0 Å². The van der Waals surface area contributed by atoms with E-state index in [1.54, 1.807) is 0 Å². The number of hydrogen-bond donors (Lipinski definition) is 0. The molecule has 1 aromatic heterocycles. The van der Waals surface area contributed by atoms with Crippen LogP contribution < -0.4 is 0 Å². The molecule has 20 heavy (non-hydrogen) atoms. The normalized spacial score (nSPS) is 11.4. The topological polar surface area (TPSA) is 14.2 Å². The summed E-state index contributed by atoms with van der Waals surface area (Å²) in [5, 5.41) is 2.66. The Labute approximate surface area is 120 Å². The third kappa shape index (κ3) is 2.44. The van der Waals surface area contributed by atoms with Gasteiger partial charge in [0.2, 0.25) is 0 Å². The molecule has 0 bridgehead atoms. The minimum absolute atomic E-state index is 0.780. The molecule has 3 rings (SSSR count). The molecule has 0 saturated heterocycles. The minimum Gasteiger partial charge on any atom is -0.380 e. The molecule has 0 aliphatic rings. The third-order valence-corrected chi connectivity index (χ3v) is 3.78. The lowest BCUT2D eigenvalue weighted by Crippen LogP contribution is -2.06. The van der Waals surface area contributed by atoms with E-state index in [-0.39, 0.29) is 0 Å². The Kier molecular flexibility index (Phi) is 4.03. The summed E-state index contributed by atoms with van der Waals surface area (Å²) in [5.74, 6) is 0. The molecule has 0 unspecified atom stereocenters. The Morgan fingerprint density at radius 1 is 0.850 bits per heavy atom. The number of ether oxygens (including phenoxy) is 1. The number of nitrogens with zero attached hydrogens (tertiary/aromatic N) is 1. The molecule has 0 spiro atoms. The van der Waals surface area contributed by atoms with Gasteiger partial charge in [-0.1, -0.05) is 49.7 Å². The Bertz CT molecular complexity index is 646. The van der Waals surface area contributed by atoms with E-state index >= 15 is 0 Å². The zero-order chi connectivity index (χ0) is 13.8. The van der Waals surface area contributed by atoms with Crippen LogP contribution in [0.5, 0.6) is 0 Å². The van der Waals surface area contributed by atoms with Gasteiger partial charge in [-0.2, -0.15) is 0 Å². The maximum absolute atomic E-state index is 5.72. The van der Waals surface area contributed by atoms with E-state index in [9.17, 15) is 0 Å². The number of rotatable bonds is 6. The lowest BCUT2D eigenvalue weighted by molar-refractivity contribution is 0.125. The predicted octanol–water partition coefficient (Wildman–Crippen LogP) is 4.61. The van der Waals surface area contributed by atoms with Gasteiger partial charge in [0.25, 0.3) is 0 Å². The van der Waals surface area contributed by atoms with Crippen molar-refractivity contribution in [1.29, 1.82) is 0 Å². The number of para-hydroxylation sites is 2. The molecule has 0 aliphatic heterocycles. The largest absolute Gasteiger partial charge is 0.380 e. The quantitative estimate of drug-likeness (QED) is 0.595. The van der Waals surface area contributed by atoms with Gasteiger partial charge in [-0.25, -0.2) is 0 Å². The molecule has 0 amide bonds. The van der Waals surface area contributed by atoms with Gasteiger partial charge in [0.15, 0.2) is 0 Å². The van der Waals surface area contributed by atoms with Gasteiger partial charge >= 0.3 is 0 Å². The Morgan fingerprint density at radius 2 is 1.45 bits per heavy atom. The average Bonchev–Trinajstić information content (AvgIpc) is 2.82. The van der Waals surface area contributed by atoms with E-state index in [2.05, 4.69) is 60.0 Å². The summed E-state index contributed by atoms with van der Waals surface area (Å²) in [6.45, 7) is 4.75. The number of hydrogen-bond acceptors (Lipinski definition) is 1. The van der Waals surface area contributed by atoms with Gasteiger partial charge < -0.3 is 9.30 Å². The standard InChI is InChI=1S/C18H21NO/c1-2-3-13-20-14-12-19-17-10-6-4-8-15(17)16-9-5-7-11-18(16)19/h4-11H,2-3,12-14H2,1H3. The number of aromatic nitrogens is 1. The van der Waals surface area contributed by atoms with E-state index in [4.69, 9.17) is 4.74 Å². The van der Waals surface area contributed by atoms with Crippen molar-refractivity contribution >= 4 is 21.8 Å². The second-order valence-electron chi connectivity index (χ2n) is 5.15. The van der Waals surface area contributed by atoms with E-state index in [1.165, 1.54) is 28.2 Å². The Balaban J connectivity index is 1.91. The van der Waals surface area contributed by atoms with Crippen molar-refractivity contribution in [1.82, 2.24) is 4.57 Å². The maximum atomic E-state index is 5.72. The van der Waals surface area contributed by atoms with Gasteiger partial charge in [0.1, 0.15) is 0 Å². The molecule has 0 fully saturated rings. The first-order chi connectivity index (χ1) is 9.92. The molecule has 3 aromatic rings. The molecule has 2 nitrogen and oxygen atoms in total. The fourth-order valence-corrected chi connectivity index (χ4v) is 2.75. The van der Waals surface area contributed by atoms with E-state index in [0.717, 1.165) is 26.2 Å². The van der Waals surface area contributed by atoms with Gasteiger partial charge in [-0.3, -0.25) is 0 Å². The Hall–Kier alpha value is -1.80. The first-order valence-corrected chi connectivity index (χ1v) is 7.45. The highest BCUT2D eigenvalue weighted by molar-refractivity contribution is 6.07. The van der Waals surface area contributed by atoms with Crippen molar-refractivity contribution < 1.29 is 4.74 Å². The number of benzene rings is 2. The first kappa shape index (κ1) is 13.2. The van der Waals surface area contributed by atoms with E-state index < -0.39 is 0 Å². The molecule has 1 heterocycles. The fourth-order valence-electron chi connectivity index (χ4n) is 2.75. The predicted molar refractivity (Wildman–Crippen MR) is 85.2 cm³/mol. The summed E-state index contributed by atoms with van der Waals surface area (Å²) < 4.78 is 8.10. The van der Waals surface area contributed by atoms with Crippen molar-refractivity contribution in [3.05, 3.63) is 48.5 Å². The highest BCUT2D eigenvalue weighted by atomic mass is 16.5. The summed E-state index contributed by atoms with van der Waals surface area (Å²) in [7, 11) is 0. The zero-order valence-electron chi connectivity index (χ0n) is 12.0. The van der Waals surface area contributed by atoms with Crippen molar-refractivity contribution in [2.75, 3.05) is 13.2 Å². The lowest BCUT2D eigenvalue weighted by atomic mass is 10.2. The monoisotopic (exact) mass is 267 g/mol. The molecular formula is C18H21NO. The van der Waals surface area contributed by atoms with E-state index in [0.29, 0.717) is 0 Å². The van der Waals surface area contributed by atoms with Crippen LogP contribution in [0.25, 0.3) is 21.8 Å². The first-order valence-electron chi connectivity index (χ1n) is 7.45. The molecule has 104 valence electrons. The molecule has 2 heteroatoms. The summed E-state index contributed by atoms with van der Waals surface area (Å²) >= 11 is 0. The van der Waals surface area contributed by atoms with Crippen molar-refractivity contribution in [3.63, 3.8) is 0 Å². The summed E-state index contributed by atoms with van der Waals surface area (Å²) in [6.07, 6.45) is 2.34. The van der Waals surface area contributed by atoms with Gasteiger partial charge in [-0.15, -0.1) is 0 Å². The second kappa shape index (κ2) is 6.10. The van der Waals surface area contributed by atoms with Crippen LogP contribution in [0.15, 0.2) is 48.5 Å². The third-order valence-electron chi connectivity index (χ3n) is 3.78. The van der Waals surface area contributed by atoms with Gasteiger partial charge in [0.05, 0.1) is 6.61 Å². The fraction of sp³-hybridized carbons (Fsp3) is 0.333. The molecular weight excluding hydrogens is 246 g/mol. The summed E-state index contributed by atoms with van der Waals surface area (Å²) in [5.41, 5.74) is 2.60. The maximum Gasteiger partial charge on any atom is 0.0645 e. The highest BCUT2D eigenvalue weighted by Gasteiger charge is 2.08. The molecule has 0 atom stereocenters. The van der Waals surface area contributed by atoms with Crippen molar-refractivity contribution in [2.24, 2.45) is 0 Å². The SMILES string of the molecule is CCCCOCCn1c2ccccc2c2ccccc21. The van der Waals surface area contributed by atoms with Crippen LogP contribution in [-0.2, 0) is 11.3 Å². The molecule has 0 N–H and O–H groups in total. The molecule has 2 aromatic carbocycles. The Morgan fingerprint density at radius 3 is 2.05 bits per heavy atom. The zero-order valence-corrected chi connectivity index (χ0v) is 12.0. The van der Waals surface area contributed by atoms with Crippen molar-refractivity contribution in [3.8, 4) is 0 Å². The van der Waals surface area contributed by atoms with Gasteiger partial charge in [0, 0.05) is 35.0 Å². The molecule has 0 saturated carbocycles. The molecule has 0 aliphatic carbocycles. The minimum atomic E-state index is 0.780. The highest BCUT2D eigenvalue weighted by Crippen LogP contribution is 2.28. The average molecular weight is 267 g/mol. The van der Waals surface area contributed by atoms with Crippen molar-refractivity contribution in [2.45, 2.75) is 26.3 Å². The molecule has 0 radical (unpaired) electrons. The van der Waals surface area contributed by atoms with E-state index in [1.807, 2.05) is 0 Å². The van der Waals surface area contributed by atoms with Crippen LogP contribution >= 0.6 is 0 Å². The number of unbranched alkanes of at least 4 members (excludes halogenated alkanes) is 1. The van der Waals surface area contributed by atoms with Crippen LogP contribution in [0.4, 0.5) is 0 Å². The summed E-state index contributed by atoms with van der Waals surface area (Å²) in [6, 6.07) is 17.2. The summed E-state index contributed by atoms with van der Waals surface area (Å²) in [4.78, 5) is 0.